The van der Waals surface area contributed by atoms with E-state index in [-0.39, 0.29) is 11.5 Å². The molecule has 0 amide bonds. The van der Waals surface area contributed by atoms with Crippen molar-refractivity contribution in [2.45, 2.75) is 26.7 Å². The molecule has 5 nitrogen and oxygen atoms in total. The van der Waals surface area contributed by atoms with Crippen molar-refractivity contribution >= 4 is 44.0 Å². The van der Waals surface area contributed by atoms with Gasteiger partial charge in [0.15, 0.2) is 0 Å². The first-order chi connectivity index (χ1) is 13.0. The first-order valence-electron chi connectivity index (χ1n) is 8.79. The molecule has 0 aliphatic carbocycles. The summed E-state index contributed by atoms with van der Waals surface area (Å²) in [5.41, 5.74) is 3.55. The Morgan fingerprint density at radius 1 is 1.19 bits per heavy atom. The van der Waals surface area contributed by atoms with Crippen molar-refractivity contribution in [3.05, 3.63) is 74.4 Å². The molecule has 0 fully saturated rings. The second-order valence-electron chi connectivity index (χ2n) is 6.86. The molecule has 0 bridgehead atoms. The Hall–Kier alpha value is -2.73. The number of nitrogens with one attached hydrogen (secondary N) is 1. The lowest BCUT2D eigenvalue weighted by Crippen LogP contribution is -2.23. The monoisotopic (exact) mass is 422 g/mol. The minimum atomic E-state index is -0.168. The molecule has 136 valence electrons. The van der Waals surface area contributed by atoms with E-state index in [4.69, 9.17) is 0 Å². The summed E-state index contributed by atoms with van der Waals surface area (Å²) >= 11 is 3.43. The average Bonchev–Trinajstić information content (AvgIpc) is 2.96. The van der Waals surface area contributed by atoms with Crippen LogP contribution in [0.15, 0.2) is 56.8 Å². The fraction of sp³-hybridized carbons (Fsp3) is 0.190. The van der Waals surface area contributed by atoms with Crippen LogP contribution in [0.1, 0.15) is 36.8 Å². The molecule has 0 unspecified atom stereocenters. The largest absolute Gasteiger partial charge is 0.358 e. The van der Waals surface area contributed by atoms with Crippen molar-refractivity contribution < 1.29 is 0 Å². The summed E-state index contributed by atoms with van der Waals surface area (Å²) in [7, 11) is 0. The second kappa shape index (κ2) is 6.78. The zero-order valence-corrected chi connectivity index (χ0v) is 16.9. The van der Waals surface area contributed by atoms with E-state index in [0.717, 1.165) is 26.6 Å². The Kier molecular flexibility index (Phi) is 4.44. The summed E-state index contributed by atoms with van der Waals surface area (Å²) in [5.74, 6) is 0.704. The van der Waals surface area contributed by atoms with Gasteiger partial charge in [0.2, 0.25) is 0 Å². The van der Waals surface area contributed by atoms with Gasteiger partial charge in [0, 0.05) is 32.6 Å². The van der Waals surface area contributed by atoms with Gasteiger partial charge in [-0.25, -0.2) is 4.98 Å². The molecule has 4 aromatic rings. The normalized spacial score (nSPS) is 12.0. The summed E-state index contributed by atoms with van der Waals surface area (Å²) < 4.78 is 2.26. The van der Waals surface area contributed by atoms with E-state index >= 15 is 0 Å². The highest BCUT2D eigenvalue weighted by Crippen LogP contribution is 2.21. The Balaban J connectivity index is 1.93. The Bertz CT molecular complexity index is 1250. The first-order valence-corrected chi connectivity index (χ1v) is 9.59. The Morgan fingerprint density at radius 3 is 2.74 bits per heavy atom. The minimum Gasteiger partial charge on any atom is -0.358 e. The highest BCUT2D eigenvalue weighted by atomic mass is 79.9. The van der Waals surface area contributed by atoms with Crippen LogP contribution in [-0.2, 0) is 0 Å². The number of fused-ring (bicyclic) bond motifs is 2. The van der Waals surface area contributed by atoms with E-state index in [2.05, 4.69) is 31.0 Å². The summed E-state index contributed by atoms with van der Waals surface area (Å²) in [6, 6.07) is 13.6. The molecule has 0 saturated heterocycles. The number of halogens is 1. The van der Waals surface area contributed by atoms with Crippen molar-refractivity contribution in [3.63, 3.8) is 0 Å². The van der Waals surface area contributed by atoms with Gasteiger partial charge >= 0.3 is 0 Å². The number of rotatable bonds is 3. The lowest BCUT2D eigenvalue weighted by atomic mass is 10.1. The SMILES string of the molecule is Cc1[nH]c2ccccc2c1C=Nn1c(C(C)C)nc2ccc(Br)cc2c1=O. The molecule has 6 heteroatoms. The third-order valence-electron chi connectivity index (χ3n) is 4.60. The molecule has 0 atom stereocenters. The van der Waals surface area contributed by atoms with Crippen molar-refractivity contribution in [2.24, 2.45) is 5.10 Å². The van der Waals surface area contributed by atoms with Crippen LogP contribution < -0.4 is 5.56 Å². The van der Waals surface area contributed by atoms with Crippen molar-refractivity contribution in [3.8, 4) is 0 Å². The number of nitrogens with zero attached hydrogens (tertiary/aromatic N) is 3. The third-order valence-corrected chi connectivity index (χ3v) is 5.09. The number of aromatic nitrogens is 3. The van der Waals surface area contributed by atoms with Crippen LogP contribution >= 0.6 is 15.9 Å². The van der Waals surface area contributed by atoms with Gasteiger partial charge in [0.25, 0.3) is 5.56 Å². The van der Waals surface area contributed by atoms with E-state index < -0.39 is 0 Å². The molecule has 0 radical (unpaired) electrons. The number of H-pyrrole nitrogens is 1. The van der Waals surface area contributed by atoms with Crippen molar-refractivity contribution in [1.82, 2.24) is 14.6 Å². The predicted molar refractivity (Wildman–Crippen MR) is 114 cm³/mol. The molecule has 4 rings (SSSR count). The quantitative estimate of drug-likeness (QED) is 0.474. The van der Waals surface area contributed by atoms with Gasteiger partial charge in [0.05, 0.1) is 17.1 Å². The topological polar surface area (TPSA) is 63.0 Å². The van der Waals surface area contributed by atoms with Crippen LogP contribution in [0.25, 0.3) is 21.8 Å². The molecule has 0 aliphatic heterocycles. The van der Waals surface area contributed by atoms with Gasteiger partial charge in [-0.15, -0.1) is 0 Å². The first kappa shape index (κ1) is 17.7. The van der Waals surface area contributed by atoms with Crippen LogP contribution in [0.3, 0.4) is 0 Å². The molecule has 1 N–H and O–H groups in total. The summed E-state index contributed by atoms with van der Waals surface area (Å²) in [4.78, 5) is 21.1. The highest BCUT2D eigenvalue weighted by Gasteiger charge is 2.14. The molecule has 27 heavy (non-hydrogen) atoms. The number of benzene rings is 2. The van der Waals surface area contributed by atoms with E-state index in [0.29, 0.717) is 16.7 Å². The fourth-order valence-electron chi connectivity index (χ4n) is 3.23. The van der Waals surface area contributed by atoms with Crippen molar-refractivity contribution in [2.75, 3.05) is 0 Å². The van der Waals surface area contributed by atoms with Gasteiger partial charge in [-0.05, 0) is 31.2 Å². The molecule has 2 aromatic heterocycles. The van der Waals surface area contributed by atoms with Crippen molar-refractivity contribution in [1.29, 1.82) is 0 Å². The zero-order valence-electron chi connectivity index (χ0n) is 15.3. The lowest BCUT2D eigenvalue weighted by Gasteiger charge is -2.11. The Morgan fingerprint density at radius 2 is 1.96 bits per heavy atom. The number of aryl methyl sites for hydroxylation is 1. The second-order valence-corrected chi connectivity index (χ2v) is 7.77. The van der Waals surface area contributed by atoms with Gasteiger partial charge in [0.1, 0.15) is 5.82 Å². The van der Waals surface area contributed by atoms with Gasteiger partial charge < -0.3 is 4.98 Å². The van der Waals surface area contributed by atoms with Crippen LogP contribution in [0.4, 0.5) is 0 Å². The van der Waals surface area contributed by atoms with Crippen LogP contribution in [0, 0.1) is 6.92 Å². The van der Waals surface area contributed by atoms with Gasteiger partial charge in [-0.1, -0.05) is 48.0 Å². The molecule has 2 heterocycles. The standard InChI is InChI=1S/C21H19BrN4O/c1-12(2)20-25-19-9-8-14(22)10-16(19)21(27)26(20)23-11-17-13(3)24-18-7-5-4-6-15(17)18/h4-12,24H,1-3H3. The predicted octanol–water partition coefficient (Wildman–Crippen LogP) is 4.95. The lowest BCUT2D eigenvalue weighted by molar-refractivity contribution is 0.665. The van der Waals surface area contributed by atoms with E-state index in [9.17, 15) is 4.79 Å². The third kappa shape index (κ3) is 3.10. The number of aromatic amines is 1. The molecule has 0 spiro atoms. The summed E-state index contributed by atoms with van der Waals surface area (Å²) in [6.45, 7) is 6.02. The molecule has 2 aromatic carbocycles. The van der Waals surface area contributed by atoms with E-state index in [1.54, 1.807) is 12.3 Å². The molecule has 0 aliphatic rings. The maximum Gasteiger partial charge on any atom is 0.282 e. The number of hydrogen-bond donors (Lipinski definition) is 1. The number of para-hydroxylation sites is 1. The Labute approximate surface area is 164 Å². The molecular formula is C21H19BrN4O. The maximum absolute atomic E-state index is 13.1. The van der Waals surface area contributed by atoms with Gasteiger partial charge in [-0.3, -0.25) is 4.79 Å². The fourth-order valence-corrected chi connectivity index (χ4v) is 3.59. The number of hydrogen-bond acceptors (Lipinski definition) is 3. The molecular weight excluding hydrogens is 404 g/mol. The van der Waals surface area contributed by atoms with E-state index in [1.165, 1.54) is 4.68 Å². The smallest absolute Gasteiger partial charge is 0.282 e. The zero-order chi connectivity index (χ0) is 19.1. The molecule has 0 saturated carbocycles. The maximum atomic E-state index is 13.1. The minimum absolute atomic E-state index is 0.0620. The van der Waals surface area contributed by atoms with Gasteiger partial charge in [-0.2, -0.15) is 9.78 Å². The highest BCUT2D eigenvalue weighted by molar-refractivity contribution is 9.10. The summed E-state index contributed by atoms with van der Waals surface area (Å²) in [5, 5.41) is 6.16. The average molecular weight is 423 g/mol. The van der Waals surface area contributed by atoms with Crippen LogP contribution in [0.2, 0.25) is 0 Å². The van der Waals surface area contributed by atoms with Crippen LogP contribution in [0.5, 0.6) is 0 Å². The van der Waals surface area contributed by atoms with E-state index in [1.807, 2.05) is 57.2 Å². The van der Waals surface area contributed by atoms with Crippen LogP contribution in [-0.4, -0.2) is 20.9 Å². The summed E-state index contributed by atoms with van der Waals surface area (Å²) in [6.07, 6.45) is 1.74.